The number of carbonyl (C=O) groups excluding carboxylic acids is 1. The molecule has 0 spiro atoms. The number of carboxylic acids is 1. The Bertz CT molecular complexity index is 1150. The maximum absolute atomic E-state index is 14.4. The molecule has 0 bridgehead atoms. The summed E-state index contributed by atoms with van der Waals surface area (Å²) in [5.41, 5.74) is 2.00. The van der Waals surface area contributed by atoms with Crippen LogP contribution in [0.2, 0.25) is 0 Å². The van der Waals surface area contributed by atoms with E-state index >= 15 is 0 Å². The lowest BCUT2D eigenvalue weighted by Crippen LogP contribution is -2.26. The van der Waals surface area contributed by atoms with Crippen molar-refractivity contribution in [2.24, 2.45) is 0 Å². The van der Waals surface area contributed by atoms with Crippen molar-refractivity contribution >= 4 is 23.4 Å². The summed E-state index contributed by atoms with van der Waals surface area (Å²) in [6.45, 7) is 2.04. The van der Waals surface area contributed by atoms with Gasteiger partial charge in [0.15, 0.2) is 0 Å². The largest absolute Gasteiger partial charge is 0.477 e. The van der Waals surface area contributed by atoms with Gasteiger partial charge in [0.2, 0.25) is 0 Å². The molecule has 1 aliphatic heterocycles. The van der Waals surface area contributed by atoms with Crippen LogP contribution in [0.1, 0.15) is 34.5 Å². The number of allylic oxidation sites excluding steroid dienone is 1. The number of halogens is 1. The molecular weight excluding hydrogens is 387 g/mol. The molecule has 8 heteroatoms. The third-order valence-electron chi connectivity index (χ3n) is 4.96. The first-order valence-corrected chi connectivity index (χ1v) is 9.42. The Hall–Kier alpha value is -3.94. The molecule has 3 aromatic rings. The van der Waals surface area contributed by atoms with Crippen LogP contribution in [0.25, 0.3) is 0 Å². The van der Waals surface area contributed by atoms with Crippen LogP contribution in [0, 0.1) is 5.82 Å². The van der Waals surface area contributed by atoms with E-state index in [0.29, 0.717) is 5.69 Å². The van der Waals surface area contributed by atoms with Gasteiger partial charge in [-0.25, -0.2) is 13.9 Å². The van der Waals surface area contributed by atoms with Crippen LogP contribution in [-0.4, -0.2) is 26.8 Å². The highest BCUT2D eigenvalue weighted by atomic mass is 19.1. The number of rotatable bonds is 5. The van der Waals surface area contributed by atoms with E-state index in [-0.39, 0.29) is 22.6 Å². The van der Waals surface area contributed by atoms with Gasteiger partial charge in [0.05, 0.1) is 6.20 Å². The van der Waals surface area contributed by atoms with Gasteiger partial charge in [0.25, 0.3) is 5.91 Å². The number of carboxylic acid groups (broad SMARTS) is 1. The topological polar surface area (TPSA) is 96.3 Å². The highest BCUT2D eigenvalue weighted by molar-refractivity contribution is 6.08. The Morgan fingerprint density at radius 3 is 2.60 bits per heavy atom. The predicted octanol–water partition coefficient (Wildman–Crippen LogP) is 3.82. The molecule has 1 aromatic heterocycles. The number of benzene rings is 2. The number of aliphatic carboxylic acids is 1. The number of aromatic nitrogens is 2. The van der Waals surface area contributed by atoms with Gasteiger partial charge in [-0.3, -0.25) is 4.79 Å². The first kappa shape index (κ1) is 19.4. The number of amides is 1. The average Bonchev–Trinajstić information content (AvgIpc) is 3.18. The van der Waals surface area contributed by atoms with Gasteiger partial charge in [-0.15, -0.1) is 0 Å². The van der Waals surface area contributed by atoms with Crippen LogP contribution in [0.3, 0.4) is 0 Å². The SMILES string of the molecule is CCc1ccc(NC(=O)c2cnn3c2NC(C(=O)O)=C[C@@H]3c2ccccc2F)cc1. The molecule has 4 rings (SSSR count). The van der Waals surface area contributed by atoms with E-state index in [1.165, 1.54) is 23.0 Å². The second-order valence-electron chi connectivity index (χ2n) is 6.83. The molecule has 1 amide bonds. The summed E-state index contributed by atoms with van der Waals surface area (Å²) in [6.07, 6.45) is 3.59. The maximum atomic E-state index is 14.4. The second-order valence-corrected chi connectivity index (χ2v) is 6.83. The molecule has 0 fully saturated rings. The van der Waals surface area contributed by atoms with Crippen LogP contribution in [0.5, 0.6) is 0 Å². The molecule has 7 nitrogen and oxygen atoms in total. The van der Waals surface area contributed by atoms with E-state index in [1.807, 2.05) is 19.1 Å². The number of nitrogens with one attached hydrogen (secondary N) is 2. The molecule has 2 aromatic carbocycles. The number of fused-ring (bicyclic) bond motifs is 1. The van der Waals surface area contributed by atoms with Gasteiger partial charge in [-0.1, -0.05) is 37.3 Å². The molecule has 1 atom stereocenters. The monoisotopic (exact) mass is 406 g/mol. The van der Waals surface area contributed by atoms with Gasteiger partial charge in [-0.05, 0) is 36.3 Å². The average molecular weight is 406 g/mol. The molecule has 3 N–H and O–H groups in total. The lowest BCUT2D eigenvalue weighted by molar-refractivity contribution is -0.132. The van der Waals surface area contributed by atoms with E-state index in [0.717, 1.165) is 12.0 Å². The zero-order chi connectivity index (χ0) is 21.3. The highest BCUT2D eigenvalue weighted by Crippen LogP contribution is 2.33. The highest BCUT2D eigenvalue weighted by Gasteiger charge is 2.30. The van der Waals surface area contributed by atoms with Gasteiger partial charge >= 0.3 is 5.97 Å². The third-order valence-corrected chi connectivity index (χ3v) is 4.96. The molecule has 0 radical (unpaired) electrons. The van der Waals surface area contributed by atoms with Crippen molar-refractivity contribution in [3.05, 3.63) is 89.0 Å². The zero-order valence-corrected chi connectivity index (χ0v) is 16.1. The van der Waals surface area contributed by atoms with Crippen LogP contribution in [0.15, 0.2) is 66.5 Å². The zero-order valence-electron chi connectivity index (χ0n) is 16.1. The van der Waals surface area contributed by atoms with Crippen molar-refractivity contribution in [3.8, 4) is 0 Å². The van der Waals surface area contributed by atoms with Crippen molar-refractivity contribution < 1.29 is 19.1 Å². The standard InChI is InChI=1S/C22H19FN4O3/c1-2-13-7-9-14(10-8-13)25-21(28)16-12-24-27-19(15-5-3-4-6-17(15)23)11-18(22(29)30)26-20(16)27/h3-12,19,26H,2H2,1H3,(H,25,28)(H,29,30)/t19-/m1/s1. The van der Waals surface area contributed by atoms with Crippen LogP contribution >= 0.6 is 0 Å². The quantitative estimate of drug-likeness (QED) is 0.599. The van der Waals surface area contributed by atoms with Gasteiger partial charge in [-0.2, -0.15) is 5.10 Å². The lowest BCUT2D eigenvalue weighted by atomic mass is 10.0. The Morgan fingerprint density at radius 2 is 1.93 bits per heavy atom. The number of nitrogens with zero attached hydrogens (tertiary/aromatic N) is 2. The van der Waals surface area contributed by atoms with Gasteiger partial charge < -0.3 is 15.7 Å². The van der Waals surface area contributed by atoms with Crippen LogP contribution in [-0.2, 0) is 11.2 Å². The molecule has 2 heterocycles. The Labute approximate surface area is 171 Å². The number of anilines is 2. The number of carbonyl (C=O) groups is 2. The normalized spacial score (nSPS) is 15.0. The van der Waals surface area contributed by atoms with Crippen molar-refractivity contribution in [1.82, 2.24) is 9.78 Å². The van der Waals surface area contributed by atoms with Crippen LogP contribution < -0.4 is 10.6 Å². The molecule has 0 aliphatic carbocycles. The Morgan fingerprint density at radius 1 is 1.20 bits per heavy atom. The summed E-state index contributed by atoms with van der Waals surface area (Å²) in [7, 11) is 0. The van der Waals surface area contributed by atoms with Crippen LogP contribution in [0.4, 0.5) is 15.9 Å². The van der Waals surface area contributed by atoms with Crippen molar-refractivity contribution in [2.75, 3.05) is 10.6 Å². The van der Waals surface area contributed by atoms with Gasteiger partial charge in [0.1, 0.15) is 28.9 Å². The predicted molar refractivity (Wildman–Crippen MR) is 110 cm³/mol. The molecule has 30 heavy (non-hydrogen) atoms. The summed E-state index contributed by atoms with van der Waals surface area (Å²) in [6, 6.07) is 12.7. The lowest BCUT2D eigenvalue weighted by Gasteiger charge is -2.24. The summed E-state index contributed by atoms with van der Waals surface area (Å²) < 4.78 is 15.8. The smallest absolute Gasteiger partial charge is 0.352 e. The van der Waals surface area contributed by atoms with E-state index < -0.39 is 23.7 Å². The summed E-state index contributed by atoms with van der Waals surface area (Å²) in [5, 5.41) is 19.2. The molecule has 0 saturated heterocycles. The van der Waals surface area contributed by atoms with Crippen molar-refractivity contribution in [3.63, 3.8) is 0 Å². The van der Waals surface area contributed by atoms with Gasteiger partial charge in [0, 0.05) is 11.3 Å². The minimum atomic E-state index is -1.22. The maximum Gasteiger partial charge on any atom is 0.352 e. The van der Waals surface area contributed by atoms with Crippen molar-refractivity contribution in [2.45, 2.75) is 19.4 Å². The minimum absolute atomic E-state index is 0.155. The van der Waals surface area contributed by atoms with E-state index in [1.54, 1.807) is 30.3 Å². The minimum Gasteiger partial charge on any atom is -0.477 e. The molecule has 152 valence electrons. The summed E-state index contributed by atoms with van der Waals surface area (Å²) in [5.74, 6) is -1.98. The summed E-state index contributed by atoms with van der Waals surface area (Å²) in [4.78, 5) is 24.5. The third kappa shape index (κ3) is 3.55. The Kier molecular flexibility index (Phi) is 5.05. The van der Waals surface area contributed by atoms with Crippen molar-refractivity contribution in [1.29, 1.82) is 0 Å². The molecular formula is C22H19FN4O3. The molecule has 1 aliphatic rings. The number of aryl methyl sites for hydroxylation is 1. The summed E-state index contributed by atoms with van der Waals surface area (Å²) >= 11 is 0. The first-order valence-electron chi connectivity index (χ1n) is 9.42. The van der Waals surface area contributed by atoms with E-state index in [9.17, 15) is 19.1 Å². The molecule has 0 saturated carbocycles. The Balaban J connectivity index is 1.70. The van der Waals surface area contributed by atoms with E-state index in [4.69, 9.17) is 0 Å². The number of hydrogen-bond acceptors (Lipinski definition) is 4. The fraction of sp³-hybridized carbons (Fsp3) is 0.136. The fourth-order valence-corrected chi connectivity index (χ4v) is 3.35. The number of hydrogen-bond donors (Lipinski definition) is 3. The fourth-order valence-electron chi connectivity index (χ4n) is 3.35. The van der Waals surface area contributed by atoms with E-state index in [2.05, 4.69) is 15.7 Å². The molecule has 0 unspecified atom stereocenters. The first-order chi connectivity index (χ1) is 14.5. The second kappa shape index (κ2) is 7.82.